The van der Waals surface area contributed by atoms with Gasteiger partial charge in [0.1, 0.15) is 11.6 Å². The Morgan fingerprint density at radius 1 is 1.40 bits per heavy atom. The average molecular weight is 286 g/mol. The van der Waals surface area contributed by atoms with Crippen LogP contribution in [0, 0.1) is 11.6 Å². The number of hydrogen-bond acceptors (Lipinski definition) is 2. The van der Waals surface area contributed by atoms with E-state index in [4.69, 9.17) is 5.11 Å². The summed E-state index contributed by atoms with van der Waals surface area (Å²) < 4.78 is 26.3. The molecule has 4 nitrogen and oxygen atoms in total. The van der Waals surface area contributed by atoms with Crippen LogP contribution < -0.4 is 10.6 Å². The van der Waals surface area contributed by atoms with E-state index in [1.807, 2.05) is 13.8 Å². The Morgan fingerprint density at radius 3 is 2.70 bits per heavy atom. The van der Waals surface area contributed by atoms with Crippen LogP contribution in [-0.2, 0) is 6.54 Å². The summed E-state index contributed by atoms with van der Waals surface area (Å²) in [6.45, 7) is 3.56. The van der Waals surface area contributed by atoms with E-state index in [-0.39, 0.29) is 18.7 Å². The van der Waals surface area contributed by atoms with Gasteiger partial charge >= 0.3 is 6.03 Å². The number of aliphatic hydroxyl groups excluding tert-OH is 1. The normalized spacial score (nSPS) is 13.7. The number of nitrogens with one attached hydrogen (secondary N) is 2. The summed E-state index contributed by atoms with van der Waals surface area (Å²) in [5.74, 6) is -1.12. The Balaban J connectivity index is 2.57. The Labute approximate surface area is 117 Å². The van der Waals surface area contributed by atoms with Crippen molar-refractivity contribution >= 4 is 6.03 Å². The molecule has 0 radical (unpaired) electrons. The van der Waals surface area contributed by atoms with Crippen molar-refractivity contribution in [3.05, 3.63) is 35.4 Å². The van der Waals surface area contributed by atoms with Gasteiger partial charge in [0.05, 0.1) is 0 Å². The van der Waals surface area contributed by atoms with E-state index >= 15 is 0 Å². The number of benzene rings is 1. The Morgan fingerprint density at radius 2 is 2.10 bits per heavy atom. The minimum Gasteiger partial charge on any atom is -0.396 e. The zero-order valence-electron chi connectivity index (χ0n) is 11.7. The van der Waals surface area contributed by atoms with Crippen LogP contribution in [0.4, 0.5) is 13.6 Å². The van der Waals surface area contributed by atoms with Crippen LogP contribution in [0.25, 0.3) is 0 Å². The van der Waals surface area contributed by atoms with Gasteiger partial charge in [0.25, 0.3) is 0 Å². The first-order valence-electron chi connectivity index (χ1n) is 6.51. The second kappa shape index (κ2) is 7.19. The number of hydrogen-bond donors (Lipinski definition) is 3. The molecule has 3 N–H and O–H groups in total. The van der Waals surface area contributed by atoms with E-state index in [2.05, 4.69) is 10.6 Å². The van der Waals surface area contributed by atoms with Crippen molar-refractivity contribution in [3.8, 4) is 0 Å². The van der Waals surface area contributed by atoms with Crippen LogP contribution in [0.15, 0.2) is 18.2 Å². The Kier molecular flexibility index (Phi) is 5.88. The lowest BCUT2D eigenvalue weighted by Gasteiger charge is -2.29. The maximum absolute atomic E-state index is 13.4. The number of rotatable bonds is 6. The van der Waals surface area contributed by atoms with Gasteiger partial charge in [0, 0.05) is 24.3 Å². The minimum absolute atomic E-state index is 0.0385. The predicted octanol–water partition coefficient (Wildman–Crippen LogP) is 2.32. The van der Waals surface area contributed by atoms with Gasteiger partial charge in [-0.05, 0) is 38.0 Å². The van der Waals surface area contributed by atoms with Gasteiger partial charge in [-0.2, -0.15) is 0 Å². The summed E-state index contributed by atoms with van der Waals surface area (Å²) in [4.78, 5) is 11.7. The van der Waals surface area contributed by atoms with E-state index < -0.39 is 23.2 Å². The first-order chi connectivity index (χ1) is 9.40. The molecule has 1 unspecified atom stereocenters. The zero-order chi connectivity index (χ0) is 15.2. The van der Waals surface area contributed by atoms with Gasteiger partial charge in [0.15, 0.2) is 0 Å². The molecular weight excluding hydrogens is 266 g/mol. The Bertz CT molecular complexity index is 468. The van der Waals surface area contributed by atoms with Gasteiger partial charge in [-0.25, -0.2) is 13.6 Å². The highest BCUT2D eigenvalue weighted by atomic mass is 19.1. The fourth-order valence-electron chi connectivity index (χ4n) is 1.75. The van der Waals surface area contributed by atoms with Crippen molar-refractivity contribution in [2.45, 2.75) is 38.8 Å². The summed E-state index contributed by atoms with van der Waals surface area (Å²) >= 11 is 0. The monoisotopic (exact) mass is 286 g/mol. The number of carbonyl (C=O) groups excluding carboxylic acids is 1. The highest BCUT2D eigenvalue weighted by Gasteiger charge is 2.23. The molecule has 0 fully saturated rings. The highest BCUT2D eigenvalue weighted by molar-refractivity contribution is 5.74. The number of urea groups is 1. The van der Waals surface area contributed by atoms with Gasteiger partial charge in [-0.3, -0.25) is 0 Å². The largest absolute Gasteiger partial charge is 0.396 e. The molecule has 0 spiro atoms. The lowest BCUT2D eigenvalue weighted by atomic mass is 9.95. The van der Waals surface area contributed by atoms with Crippen molar-refractivity contribution in [2.24, 2.45) is 0 Å². The summed E-state index contributed by atoms with van der Waals surface area (Å²) in [5.41, 5.74) is -0.445. The molecule has 0 heterocycles. The standard InChI is InChI=1S/C14H20F2N2O2/c1-3-14(2,6-7-19)18-13(20)17-9-10-8-11(15)4-5-12(10)16/h4-5,8,19H,3,6-7,9H2,1-2H3,(H2,17,18,20). The first-order valence-corrected chi connectivity index (χ1v) is 6.51. The molecule has 0 saturated heterocycles. The molecule has 2 amide bonds. The lowest BCUT2D eigenvalue weighted by molar-refractivity contribution is 0.200. The van der Waals surface area contributed by atoms with Crippen LogP contribution in [0.3, 0.4) is 0 Å². The number of aliphatic hydroxyl groups is 1. The summed E-state index contributed by atoms with van der Waals surface area (Å²) in [6.07, 6.45) is 1.07. The second-order valence-electron chi connectivity index (χ2n) is 4.93. The third kappa shape index (κ3) is 4.77. The maximum atomic E-state index is 13.4. The number of carbonyl (C=O) groups is 1. The molecule has 0 aliphatic carbocycles. The fourth-order valence-corrected chi connectivity index (χ4v) is 1.75. The number of halogens is 2. The summed E-state index contributed by atoms with van der Waals surface area (Å²) in [7, 11) is 0. The second-order valence-corrected chi connectivity index (χ2v) is 4.93. The fraction of sp³-hybridized carbons (Fsp3) is 0.500. The SMILES string of the molecule is CCC(C)(CCO)NC(=O)NCc1cc(F)ccc1F. The highest BCUT2D eigenvalue weighted by Crippen LogP contribution is 2.13. The molecule has 1 rings (SSSR count). The molecule has 0 aromatic heterocycles. The van der Waals surface area contributed by atoms with Crippen LogP contribution >= 0.6 is 0 Å². The average Bonchev–Trinajstić information content (AvgIpc) is 2.40. The van der Waals surface area contributed by atoms with Gasteiger partial charge in [-0.15, -0.1) is 0 Å². The molecule has 1 aromatic rings. The van der Waals surface area contributed by atoms with Crippen LogP contribution in [0.2, 0.25) is 0 Å². The van der Waals surface area contributed by atoms with E-state index in [1.165, 1.54) is 0 Å². The van der Waals surface area contributed by atoms with Gasteiger partial charge < -0.3 is 15.7 Å². The molecular formula is C14H20F2N2O2. The molecule has 6 heteroatoms. The molecule has 0 bridgehead atoms. The van der Waals surface area contributed by atoms with Crippen LogP contribution in [0.5, 0.6) is 0 Å². The molecule has 0 aliphatic rings. The lowest BCUT2D eigenvalue weighted by Crippen LogP contribution is -2.50. The van der Waals surface area contributed by atoms with Crippen molar-refractivity contribution in [1.29, 1.82) is 0 Å². The van der Waals surface area contributed by atoms with Crippen molar-refractivity contribution < 1.29 is 18.7 Å². The van der Waals surface area contributed by atoms with E-state index in [0.29, 0.717) is 12.8 Å². The third-order valence-electron chi connectivity index (χ3n) is 3.31. The van der Waals surface area contributed by atoms with Gasteiger partial charge in [0.2, 0.25) is 0 Å². The molecule has 0 aliphatic heterocycles. The smallest absolute Gasteiger partial charge is 0.315 e. The maximum Gasteiger partial charge on any atom is 0.315 e. The molecule has 1 atom stereocenters. The van der Waals surface area contributed by atoms with Gasteiger partial charge in [-0.1, -0.05) is 6.92 Å². The molecule has 112 valence electrons. The molecule has 0 saturated carbocycles. The van der Waals surface area contributed by atoms with Crippen molar-refractivity contribution in [3.63, 3.8) is 0 Å². The third-order valence-corrected chi connectivity index (χ3v) is 3.31. The Hall–Kier alpha value is -1.69. The quantitative estimate of drug-likeness (QED) is 0.751. The van der Waals surface area contributed by atoms with Crippen molar-refractivity contribution in [2.75, 3.05) is 6.61 Å². The van der Waals surface area contributed by atoms with Crippen LogP contribution in [0.1, 0.15) is 32.3 Å². The molecule has 20 heavy (non-hydrogen) atoms. The van der Waals surface area contributed by atoms with Crippen LogP contribution in [-0.4, -0.2) is 23.3 Å². The predicted molar refractivity (Wildman–Crippen MR) is 72.1 cm³/mol. The van der Waals surface area contributed by atoms with Crippen molar-refractivity contribution in [1.82, 2.24) is 10.6 Å². The number of amides is 2. The first kappa shape index (κ1) is 16.4. The molecule has 1 aromatic carbocycles. The van der Waals surface area contributed by atoms with E-state index in [0.717, 1.165) is 18.2 Å². The topological polar surface area (TPSA) is 61.4 Å². The zero-order valence-corrected chi connectivity index (χ0v) is 11.7. The van der Waals surface area contributed by atoms with E-state index in [9.17, 15) is 13.6 Å². The summed E-state index contributed by atoms with van der Waals surface area (Å²) in [6, 6.07) is 2.61. The van der Waals surface area contributed by atoms with E-state index in [1.54, 1.807) is 0 Å². The minimum atomic E-state index is -0.569. The summed E-state index contributed by atoms with van der Waals surface area (Å²) in [5, 5.41) is 14.2.